The van der Waals surface area contributed by atoms with Gasteiger partial charge in [-0.2, -0.15) is 22.6 Å². The van der Waals surface area contributed by atoms with Crippen LogP contribution in [-0.4, -0.2) is 61.8 Å². The van der Waals surface area contributed by atoms with Crippen LogP contribution in [0.25, 0.3) is 11.0 Å². The number of nitrogen functional groups attached to an aromatic ring is 1. The monoisotopic (exact) mass is 501 g/mol. The van der Waals surface area contributed by atoms with Crippen molar-refractivity contribution in [3.8, 4) is 17.7 Å². The van der Waals surface area contributed by atoms with E-state index in [0.29, 0.717) is 28.8 Å². The number of aromatic nitrogens is 3. The molecular weight excluding hydrogens is 476 g/mol. The first-order valence-corrected chi connectivity index (χ1v) is 11.5. The maximum absolute atomic E-state index is 11.6. The van der Waals surface area contributed by atoms with Gasteiger partial charge in [0.1, 0.15) is 11.8 Å². The maximum Gasteiger partial charge on any atom is 0.226 e. The van der Waals surface area contributed by atoms with Gasteiger partial charge >= 0.3 is 0 Å². The van der Waals surface area contributed by atoms with Crippen LogP contribution in [0.4, 0.5) is 5.95 Å². The number of nitrogens with two attached hydrogens (primary N) is 1. The highest BCUT2D eigenvalue weighted by Gasteiger charge is 2.45. The van der Waals surface area contributed by atoms with Crippen molar-refractivity contribution in [1.29, 1.82) is 0 Å². The molecule has 0 aromatic carbocycles. The van der Waals surface area contributed by atoms with Gasteiger partial charge in [-0.1, -0.05) is 11.8 Å². The molecule has 1 amide bonds. The number of amides is 1. The number of carbonyl (C=O) groups is 1. The average Bonchev–Trinajstić information content (AvgIpc) is 3.24. The minimum atomic E-state index is -1.01. The van der Waals surface area contributed by atoms with Crippen molar-refractivity contribution in [2.75, 3.05) is 24.6 Å². The van der Waals surface area contributed by atoms with Gasteiger partial charge in [0.15, 0.2) is 14.7 Å². The summed E-state index contributed by atoms with van der Waals surface area (Å²) in [6, 6.07) is 0. The van der Waals surface area contributed by atoms with E-state index in [1.165, 1.54) is 0 Å². The van der Waals surface area contributed by atoms with Crippen LogP contribution in [0.3, 0.4) is 0 Å². The summed E-state index contributed by atoms with van der Waals surface area (Å²) in [5.41, 5.74) is 5.48. The quantitative estimate of drug-likeness (QED) is 0.152. The largest absolute Gasteiger partial charge is 0.493 e. The van der Waals surface area contributed by atoms with Gasteiger partial charge < -0.3 is 39.4 Å². The summed E-state index contributed by atoms with van der Waals surface area (Å²) in [6.45, 7) is 2.05. The lowest BCUT2D eigenvalue weighted by molar-refractivity contribution is -0.120. The number of fused-ring (bicyclic) bond motifs is 1. The molecule has 0 radical (unpaired) electrons. The van der Waals surface area contributed by atoms with E-state index in [2.05, 4.69) is 49.2 Å². The number of nitrogens with zero attached hydrogens (tertiary/aromatic N) is 3. The second-order valence-corrected chi connectivity index (χ2v) is 9.03. The molecule has 1 fully saturated rings. The van der Waals surface area contributed by atoms with Crippen LogP contribution in [0.2, 0.25) is 0 Å². The number of carbonyl (C=O) groups excluding carboxylic acids is 1. The highest BCUT2D eigenvalue weighted by Crippen LogP contribution is 2.40. The first-order valence-electron chi connectivity index (χ1n) is 9.62. The second kappa shape index (κ2) is 10.9. The summed E-state index contributed by atoms with van der Waals surface area (Å²) in [4.78, 5) is 19.7. The molecule has 0 spiro atoms. The van der Waals surface area contributed by atoms with Gasteiger partial charge in [0.25, 0.3) is 0 Å². The zero-order chi connectivity index (χ0) is 23.3. The minimum absolute atomic E-state index is 0.117. The van der Waals surface area contributed by atoms with Crippen LogP contribution in [0.1, 0.15) is 25.3 Å². The summed E-state index contributed by atoms with van der Waals surface area (Å²) in [6.07, 6.45) is 0.813. The predicted molar refractivity (Wildman–Crippen MR) is 126 cm³/mol. The molecule has 11 nitrogen and oxygen atoms in total. The summed E-state index contributed by atoms with van der Waals surface area (Å²) in [5.74, 6) is 5.62. The van der Waals surface area contributed by atoms with E-state index in [-0.39, 0.29) is 46.3 Å². The number of ether oxygens (including phenoxy) is 1. The van der Waals surface area contributed by atoms with Crippen molar-refractivity contribution >= 4 is 54.0 Å². The molecule has 1 aliphatic rings. The fourth-order valence-electron chi connectivity index (χ4n) is 3.47. The molecule has 4 unspecified atom stereocenters. The van der Waals surface area contributed by atoms with E-state index in [1.807, 2.05) is 0 Å². The molecule has 32 heavy (non-hydrogen) atoms. The third-order valence-electron chi connectivity index (χ3n) is 4.87. The molecule has 0 bridgehead atoms. The molecule has 174 valence electrons. The Balaban J connectivity index is 1.92. The molecule has 0 saturated carbocycles. The van der Waals surface area contributed by atoms with E-state index in [4.69, 9.17) is 19.3 Å². The van der Waals surface area contributed by atoms with Gasteiger partial charge in [0, 0.05) is 28.5 Å². The Morgan fingerprint density at radius 2 is 2.38 bits per heavy atom. The smallest absolute Gasteiger partial charge is 0.226 e. The van der Waals surface area contributed by atoms with Gasteiger partial charge in [-0.15, -0.1) is 0 Å². The SMILES string of the molecule is CC1(n2cc(C#CCNC(=O)CCS)c3c(O)nc(N)nc32)CC(O)[C@@H](COPOP)O1. The molecular formula is C18H25N5O6P2S. The van der Waals surface area contributed by atoms with Gasteiger partial charge in [-0.25, -0.2) is 0 Å². The molecule has 5 atom stereocenters. The topological polar surface area (TPSA) is 154 Å². The average molecular weight is 501 g/mol. The highest BCUT2D eigenvalue weighted by atomic mass is 32.1. The van der Waals surface area contributed by atoms with Crippen molar-refractivity contribution in [3.63, 3.8) is 0 Å². The Kier molecular flexibility index (Phi) is 8.53. The van der Waals surface area contributed by atoms with Gasteiger partial charge in [-0.3, -0.25) is 4.79 Å². The van der Waals surface area contributed by atoms with Gasteiger partial charge in [0.05, 0.1) is 30.2 Å². The fraction of sp³-hybridized carbons (Fsp3) is 0.500. The number of anilines is 1. The standard InChI is InChI=1S/C18H25N5O6P2S/c1-18(7-11(24)12(28-18)9-27-31-29-30)23-8-10(3-2-5-20-13(25)4-6-32)14-15(23)21-17(19)22-16(14)26/h8,11-12,24,31-32H,4-7,9,30H2,1H3,(H,20,25)(H3,19,21,22,26)/t11?,12-,18?/m1/s1. The summed E-state index contributed by atoms with van der Waals surface area (Å²) >= 11 is 4.02. The van der Waals surface area contributed by atoms with Crippen LogP contribution < -0.4 is 11.1 Å². The Morgan fingerprint density at radius 3 is 3.09 bits per heavy atom. The van der Waals surface area contributed by atoms with E-state index in [1.54, 1.807) is 17.7 Å². The van der Waals surface area contributed by atoms with Crippen LogP contribution in [0.5, 0.6) is 5.88 Å². The van der Waals surface area contributed by atoms with Gasteiger partial charge in [-0.05, 0) is 12.7 Å². The lowest BCUT2D eigenvalue weighted by Gasteiger charge is -2.27. The number of rotatable bonds is 8. The molecule has 3 heterocycles. The zero-order valence-corrected chi connectivity index (χ0v) is 20.3. The maximum atomic E-state index is 11.6. The fourth-order valence-corrected chi connectivity index (χ4v) is 4.18. The van der Waals surface area contributed by atoms with E-state index < -0.39 is 17.9 Å². The van der Waals surface area contributed by atoms with Crippen molar-refractivity contribution in [2.24, 2.45) is 0 Å². The number of aliphatic hydroxyl groups excluding tert-OH is 1. The molecule has 2 aromatic rings. The van der Waals surface area contributed by atoms with Crippen molar-refractivity contribution in [1.82, 2.24) is 19.9 Å². The molecule has 14 heteroatoms. The van der Waals surface area contributed by atoms with E-state index in [0.717, 1.165) is 0 Å². The number of aliphatic hydroxyl groups is 1. The number of thiol groups is 1. The zero-order valence-electron chi connectivity index (χ0n) is 17.2. The number of hydrogen-bond donors (Lipinski definition) is 5. The lowest BCUT2D eigenvalue weighted by atomic mass is 10.1. The third-order valence-corrected chi connectivity index (χ3v) is 5.76. The predicted octanol–water partition coefficient (Wildman–Crippen LogP) is 0.661. The third kappa shape index (κ3) is 5.61. The molecule has 5 N–H and O–H groups in total. The number of hydrogen-bond acceptors (Lipinski definition) is 10. The summed E-state index contributed by atoms with van der Waals surface area (Å²) in [5, 5.41) is 23.9. The molecule has 1 saturated heterocycles. The van der Waals surface area contributed by atoms with Crippen LogP contribution in [0.15, 0.2) is 6.20 Å². The Morgan fingerprint density at radius 1 is 1.59 bits per heavy atom. The minimum Gasteiger partial charge on any atom is -0.493 e. The van der Waals surface area contributed by atoms with Crippen LogP contribution in [-0.2, 0) is 24.1 Å². The van der Waals surface area contributed by atoms with E-state index >= 15 is 0 Å². The molecule has 0 aliphatic carbocycles. The van der Waals surface area contributed by atoms with Crippen LogP contribution in [0, 0.1) is 11.8 Å². The lowest BCUT2D eigenvalue weighted by Crippen LogP contribution is -2.31. The first-order chi connectivity index (χ1) is 15.3. The number of aromatic hydroxyl groups is 1. The molecule has 1 aliphatic heterocycles. The summed E-state index contributed by atoms with van der Waals surface area (Å²) < 4.78 is 17.9. The van der Waals surface area contributed by atoms with Crippen molar-refractivity contribution in [3.05, 3.63) is 11.8 Å². The summed E-state index contributed by atoms with van der Waals surface area (Å²) in [7, 11) is 1.90. The second-order valence-electron chi connectivity index (χ2n) is 7.18. The Labute approximate surface area is 194 Å². The Bertz CT molecular complexity index is 1040. The highest BCUT2D eigenvalue weighted by molar-refractivity contribution is 7.80. The molecule has 2 aromatic heterocycles. The normalized spacial score (nSPS) is 23.0. The van der Waals surface area contributed by atoms with E-state index in [9.17, 15) is 15.0 Å². The molecule has 3 rings (SSSR count). The Hall–Kier alpha value is -1.70. The van der Waals surface area contributed by atoms with Crippen molar-refractivity contribution in [2.45, 2.75) is 37.7 Å². The van der Waals surface area contributed by atoms with Gasteiger partial charge in [0.2, 0.25) is 17.7 Å². The first kappa shape index (κ1) is 24.9. The van der Waals surface area contributed by atoms with Crippen molar-refractivity contribution < 1.29 is 28.6 Å². The number of nitrogens with one attached hydrogen (secondary N) is 1. The van der Waals surface area contributed by atoms with Crippen LogP contribution >= 0.6 is 31.1 Å².